The number of nitrogens with zero attached hydrogens (tertiary/aromatic N) is 2. The van der Waals surface area contributed by atoms with E-state index in [1.807, 2.05) is 30.3 Å². The molecule has 6 nitrogen and oxygen atoms in total. The van der Waals surface area contributed by atoms with Gasteiger partial charge in [0, 0.05) is 30.5 Å². The van der Waals surface area contributed by atoms with Gasteiger partial charge in [0.1, 0.15) is 5.75 Å². The van der Waals surface area contributed by atoms with E-state index in [1.165, 1.54) is 6.08 Å². The first-order valence-corrected chi connectivity index (χ1v) is 9.91. The van der Waals surface area contributed by atoms with E-state index in [1.54, 1.807) is 36.5 Å². The van der Waals surface area contributed by atoms with Gasteiger partial charge in [0.05, 0.1) is 12.3 Å². The summed E-state index contributed by atoms with van der Waals surface area (Å²) in [5, 5.41) is 6.80. The summed E-state index contributed by atoms with van der Waals surface area (Å²) in [4.78, 5) is 12.5. The minimum absolute atomic E-state index is 0.178. The third kappa shape index (κ3) is 6.63. The lowest BCUT2D eigenvalue weighted by molar-refractivity contribution is -0.185. The molecule has 3 aromatic rings. The molecule has 1 aromatic heterocycles. The Labute approximate surface area is 183 Å². The maximum atomic E-state index is 13.0. The van der Waals surface area contributed by atoms with Gasteiger partial charge in [0.15, 0.2) is 0 Å². The average molecular weight is 444 g/mol. The number of rotatable bonds is 9. The molecule has 168 valence electrons. The van der Waals surface area contributed by atoms with Gasteiger partial charge in [-0.25, -0.2) is 0 Å². The van der Waals surface area contributed by atoms with Crippen LogP contribution in [-0.4, -0.2) is 40.3 Å². The molecule has 9 heteroatoms. The van der Waals surface area contributed by atoms with Crippen LogP contribution in [0.2, 0.25) is 0 Å². The van der Waals surface area contributed by atoms with Gasteiger partial charge in [0.2, 0.25) is 0 Å². The number of carbonyl (C=O) groups excluding carboxylic acids is 1. The summed E-state index contributed by atoms with van der Waals surface area (Å²) in [6.45, 7) is -0.0293. The number of nitrogen functional groups attached to an aromatic ring is 1. The summed E-state index contributed by atoms with van der Waals surface area (Å²) < 4.78 is 44.6. The quantitative estimate of drug-likeness (QED) is 0.288. The highest BCUT2D eigenvalue weighted by atomic mass is 19.4. The fourth-order valence-corrected chi connectivity index (χ4v) is 3.04. The molecule has 0 aliphatic rings. The molecule has 0 radical (unpaired) electrons. The molecule has 0 saturated heterocycles. The van der Waals surface area contributed by atoms with Crippen LogP contribution >= 0.6 is 0 Å². The second-order valence-corrected chi connectivity index (χ2v) is 7.04. The molecule has 0 bridgehead atoms. The van der Waals surface area contributed by atoms with Crippen LogP contribution in [0.5, 0.6) is 5.75 Å². The summed E-state index contributed by atoms with van der Waals surface area (Å²) in [7, 11) is 0. The number of benzene rings is 2. The van der Waals surface area contributed by atoms with Gasteiger partial charge in [0.25, 0.3) is 0 Å². The lowest BCUT2D eigenvalue weighted by atomic mass is 10.1. The van der Waals surface area contributed by atoms with E-state index in [0.29, 0.717) is 30.0 Å². The standard InChI is InChI=1S/C23H23F3N4O2/c24-23(25,26)22(31)30(16-17-6-4-8-19(27)14-17)12-2-1-3-13-32-20-9-5-7-18(15-20)21-10-11-28-29-21/h1-2,4-11,14-15H,3,12-13,16,27H2,(H,28,29)/b2-1+. The zero-order valence-corrected chi connectivity index (χ0v) is 17.2. The van der Waals surface area contributed by atoms with Gasteiger partial charge in [-0.15, -0.1) is 0 Å². The first kappa shape index (κ1) is 22.9. The second kappa shape index (κ2) is 10.5. The van der Waals surface area contributed by atoms with Gasteiger partial charge in [-0.2, -0.15) is 18.3 Å². The van der Waals surface area contributed by atoms with E-state index in [9.17, 15) is 18.0 Å². The van der Waals surface area contributed by atoms with Crippen LogP contribution in [-0.2, 0) is 11.3 Å². The number of nitrogens with one attached hydrogen (secondary N) is 1. The molecule has 1 amide bonds. The molecule has 32 heavy (non-hydrogen) atoms. The number of ether oxygens (including phenoxy) is 1. The van der Waals surface area contributed by atoms with Crippen molar-refractivity contribution in [1.82, 2.24) is 15.1 Å². The van der Waals surface area contributed by atoms with E-state index in [0.717, 1.165) is 16.2 Å². The zero-order chi connectivity index (χ0) is 23.0. The molecule has 0 fully saturated rings. The third-order valence-electron chi connectivity index (χ3n) is 4.55. The third-order valence-corrected chi connectivity index (χ3v) is 4.55. The SMILES string of the molecule is Nc1cccc(CN(C/C=C/CCOc2cccc(-c3ccn[nH]3)c2)C(=O)C(F)(F)F)c1. The Balaban J connectivity index is 1.53. The molecule has 2 aromatic carbocycles. The Morgan fingerprint density at radius 1 is 1.12 bits per heavy atom. The largest absolute Gasteiger partial charge is 0.493 e. The smallest absolute Gasteiger partial charge is 0.471 e. The molecule has 3 rings (SSSR count). The summed E-state index contributed by atoms with van der Waals surface area (Å²) in [5.41, 5.74) is 8.42. The van der Waals surface area contributed by atoms with Crippen molar-refractivity contribution in [2.75, 3.05) is 18.9 Å². The number of amides is 1. The van der Waals surface area contributed by atoms with Crippen molar-refractivity contribution < 1.29 is 22.7 Å². The highest BCUT2D eigenvalue weighted by Gasteiger charge is 2.42. The van der Waals surface area contributed by atoms with E-state index < -0.39 is 12.1 Å². The minimum Gasteiger partial charge on any atom is -0.493 e. The molecule has 1 heterocycles. The van der Waals surface area contributed by atoms with Crippen molar-refractivity contribution in [3.8, 4) is 17.0 Å². The Morgan fingerprint density at radius 2 is 1.94 bits per heavy atom. The zero-order valence-electron chi connectivity index (χ0n) is 17.2. The van der Waals surface area contributed by atoms with Crippen molar-refractivity contribution in [3.05, 3.63) is 78.5 Å². The molecule has 0 aliphatic heterocycles. The number of halogens is 3. The van der Waals surface area contributed by atoms with Gasteiger partial charge < -0.3 is 15.4 Å². The van der Waals surface area contributed by atoms with E-state index in [-0.39, 0.29) is 13.1 Å². The van der Waals surface area contributed by atoms with E-state index >= 15 is 0 Å². The Hall–Kier alpha value is -3.75. The molecule has 0 spiro atoms. The summed E-state index contributed by atoms with van der Waals surface area (Å²) in [6, 6.07) is 15.8. The van der Waals surface area contributed by atoms with Crippen LogP contribution < -0.4 is 10.5 Å². The van der Waals surface area contributed by atoms with E-state index in [2.05, 4.69) is 10.2 Å². The Kier molecular flexibility index (Phi) is 7.54. The first-order valence-electron chi connectivity index (χ1n) is 9.91. The van der Waals surface area contributed by atoms with Gasteiger partial charge in [-0.3, -0.25) is 9.89 Å². The highest BCUT2D eigenvalue weighted by molar-refractivity contribution is 5.82. The van der Waals surface area contributed by atoms with Crippen molar-refractivity contribution in [2.45, 2.75) is 19.1 Å². The molecular weight excluding hydrogens is 421 g/mol. The topological polar surface area (TPSA) is 84.2 Å². The number of alkyl halides is 3. The molecule has 0 unspecified atom stereocenters. The summed E-state index contributed by atoms with van der Waals surface area (Å²) in [6.07, 6.45) is 0.403. The molecule has 0 aliphatic carbocycles. The summed E-state index contributed by atoms with van der Waals surface area (Å²) in [5.74, 6) is -1.22. The second-order valence-electron chi connectivity index (χ2n) is 7.04. The van der Waals surface area contributed by atoms with Crippen LogP contribution in [0, 0.1) is 0 Å². The number of aromatic nitrogens is 2. The fraction of sp³-hybridized carbons (Fsp3) is 0.217. The lowest BCUT2D eigenvalue weighted by Gasteiger charge is -2.22. The summed E-state index contributed by atoms with van der Waals surface area (Å²) >= 11 is 0. The fourth-order valence-electron chi connectivity index (χ4n) is 3.04. The minimum atomic E-state index is -4.95. The average Bonchev–Trinajstić information content (AvgIpc) is 3.29. The van der Waals surface area contributed by atoms with Crippen molar-refractivity contribution in [2.24, 2.45) is 0 Å². The van der Waals surface area contributed by atoms with Crippen molar-refractivity contribution in [1.29, 1.82) is 0 Å². The Bertz CT molecular complexity index is 1050. The van der Waals surface area contributed by atoms with Gasteiger partial charge in [-0.1, -0.05) is 36.4 Å². The van der Waals surface area contributed by atoms with Crippen LogP contribution in [0.4, 0.5) is 18.9 Å². The maximum absolute atomic E-state index is 13.0. The Morgan fingerprint density at radius 3 is 2.66 bits per heavy atom. The van der Waals surface area contributed by atoms with E-state index in [4.69, 9.17) is 10.5 Å². The number of nitrogens with two attached hydrogens (primary N) is 1. The van der Waals surface area contributed by atoms with Crippen molar-refractivity contribution >= 4 is 11.6 Å². The number of hydrogen-bond donors (Lipinski definition) is 2. The number of H-pyrrole nitrogens is 1. The van der Waals surface area contributed by atoms with Crippen LogP contribution in [0.3, 0.4) is 0 Å². The first-order chi connectivity index (χ1) is 15.3. The van der Waals surface area contributed by atoms with Gasteiger partial charge in [-0.05, 0) is 42.3 Å². The predicted octanol–water partition coefficient (Wildman–Crippen LogP) is 4.58. The maximum Gasteiger partial charge on any atom is 0.471 e. The van der Waals surface area contributed by atoms with Gasteiger partial charge >= 0.3 is 12.1 Å². The molecule has 3 N–H and O–H groups in total. The highest BCUT2D eigenvalue weighted by Crippen LogP contribution is 2.22. The predicted molar refractivity (Wildman–Crippen MR) is 116 cm³/mol. The number of hydrogen-bond acceptors (Lipinski definition) is 4. The lowest BCUT2D eigenvalue weighted by Crippen LogP contribution is -2.40. The number of aromatic amines is 1. The van der Waals surface area contributed by atoms with Crippen LogP contribution in [0.25, 0.3) is 11.3 Å². The number of anilines is 1. The molecule has 0 saturated carbocycles. The van der Waals surface area contributed by atoms with Crippen molar-refractivity contribution in [3.63, 3.8) is 0 Å². The monoisotopic (exact) mass is 444 g/mol. The molecule has 0 atom stereocenters. The van der Waals surface area contributed by atoms with Crippen LogP contribution in [0.15, 0.2) is 72.9 Å². The molecular formula is C23H23F3N4O2. The number of carbonyl (C=O) groups is 1. The van der Waals surface area contributed by atoms with Crippen LogP contribution in [0.1, 0.15) is 12.0 Å². The normalized spacial score (nSPS) is 11.6.